The van der Waals surface area contributed by atoms with Crippen molar-refractivity contribution in [2.24, 2.45) is 5.92 Å². The first-order valence-corrected chi connectivity index (χ1v) is 16.8. The fraction of sp³-hybridized carbons (Fsp3) is 0.774. The Kier molecular flexibility index (Phi) is 12.1. The molecule has 0 aromatic heterocycles. The molecule has 3 aliphatic heterocycles. The number of allylic oxidation sites excluding steroid dienone is 1. The van der Waals surface area contributed by atoms with E-state index < -0.39 is 35.9 Å². The smallest absolute Gasteiger partial charge is 0.414 e. The van der Waals surface area contributed by atoms with E-state index in [4.69, 9.17) is 23.7 Å². The predicted octanol–water partition coefficient (Wildman–Crippen LogP) is 1.76. The van der Waals surface area contributed by atoms with Crippen molar-refractivity contribution in [3.63, 3.8) is 0 Å². The molecule has 1 unspecified atom stereocenters. The Hall–Kier alpha value is -2.52. The molecule has 4 aliphatic rings. The van der Waals surface area contributed by atoms with E-state index in [0.717, 1.165) is 6.42 Å². The van der Waals surface area contributed by atoms with Gasteiger partial charge < -0.3 is 33.9 Å². The van der Waals surface area contributed by atoms with Gasteiger partial charge in [0, 0.05) is 26.0 Å². The number of amides is 4. The van der Waals surface area contributed by atoms with Crippen LogP contribution in [0, 0.1) is 5.92 Å². The summed E-state index contributed by atoms with van der Waals surface area (Å²) in [4.78, 5) is 62.7. The number of rotatable bonds is 15. The quantitative estimate of drug-likeness (QED) is 0.150. The van der Waals surface area contributed by atoms with Gasteiger partial charge in [0.15, 0.2) is 5.78 Å². The SMILES string of the molecule is CO[C@H]1[C@H](C2(C)O[C@@H]2CC=C(C)C)[C@]2(CC[C@H]1OC(=O)NC(=O)CSCCNC(=O)[C@@H]1CCCN1C(=O)COCC(C)=O)CO2. The van der Waals surface area contributed by atoms with Gasteiger partial charge in [-0.3, -0.25) is 24.5 Å². The largest absolute Gasteiger partial charge is 0.443 e. The third kappa shape index (κ3) is 9.06. The summed E-state index contributed by atoms with van der Waals surface area (Å²) in [5.74, 6) is -0.962. The minimum absolute atomic E-state index is 0.00238. The van der Waals surface area contributed by atoms with Gasteiger partial charge in [-0.15, -0.1) is 0 Å². The lowest BCUT2D eigenvalue weighted by atomic mass is 9.68. The maximum absolute atomic E-state index is 12.7. The van der Waals surface area contributed by atoms with Crippen molar-refractivity contribution in [3.05, 3.63) is 11.6 Å². The van der Waals surface area contributed by atoms with Crippen LogP contribution in [0.25, 0.3) is 0 Å². The molecule has 13 nitrogen and oxygen atoms in total. The molecule has 1 saturated carbocycles. The number of nitrogens with one attached hydrogen (secondary N) is 2. The Bertz CT molecular complexity index is 1160. The van der Waals surface area contributed by atoms with Crippen LogP contribution in [-0.2, 0) is 42.9 Å². The first kappa shape index (κ1) is 35.3. The second-order valence-corrected chi connectivity index (χ2v) is 13.8. The highest BCUT2D eigenvalue weighted by Gasteiger charge is 2.72. The highest BCUT2D eigenvalue weighted by atomic mass is 32.2. The molecule has 1 spiro atoms. The zero-order valence-corrected chi connectivity index (χ0v) is 27.7. The number of ether oxygens (including phenoxy) is 5. The summed E-state index contributed by atoms with van der Waals surface area (Å²) in [6, 6.07) is -0.588. The van der Waals surface area contributed by atoms with Gasteiger partial charge in [-0.05, 0) is 59.8 Å². The van der Waals surface area contributed by atoms with Gasteiger partial charge in [0.25, 0.3) is 0 Å². The fourth-order valence-electron chi connectivity index (χ4n) is 6.62. The molecule has 4 rings (SSSR count). The Morgan fingerprint density at radius 1 is 1.11 bits per heavy atom. The van der Waals surface area contributed by atoms with Gasteiger partial charge in [-0.25, -0.2) is 4.79 Å². The van der Waals surface area contributed by atoms with E-state index in [1.54, 1.807) is 7.11 Å². The highest BCUT2D eigenvalue weighted by Crippen LogP contribution is 2.59. The van der Waals surface area contributed by atoms with Crippen molar-refractivity contribution in [3.8, 4) is 0 Å². The summed E-state index contributed by atoms with van der Waals surface area (Å²) in [7, 11) is 1.60. The molecule has 0 radical (unpaired) electrons. The summed E-state index contributed by atoms with van der Waals surface area (Å²) in [6.07, 6.45) is 3.66. The van der Waals surface area contributed by atoms with Gasteiger partial charge in [0.2, 0.25) is 17.7 Å². The van der Waals surface area contributed by atoms with E-state index in [2.05, 4.69) is 37.5 Å². The Morgan fingerprint density at radius 2 is 1.87 bits per heavy atom. The topological polar surface area (TPSA) is 165 Å². The molecule has 3 saturated heterocycles. The maximum atomic E-state index is 12.7. The normalized spacial score (nSPS) is 31.7. The number of carbonyl (C=O) groups is 5. The molecule has 14 heteroatoms. The number of nitrogens with zero attached hydrogens (tertiary/aromatic N) is 1. The number of likely N-dealkylation sites (tertiary alicyclic amines) is 1. The Labute approximate surface area is 268 Å². The van der Waals surface area contributed by atoms with E-state index in [1.807, 2.05) is 0 Å². The minimum atomic E-state index is -0.825. The molecule has 0 aromatic rings. The van der Waals surface area contributed by atoms with Crippen LogP contribution in [-0.4, -0.2) is 122 Å². The summed E-state index contributed by atoms with van der Waals surface area (Å²) in [5, 5.41) is 5.10. The van der Waals surface area contributed by atoms with Gasteiger partial charge in [-0.1, -0.05) is 11.6 Å². The molecule has 3 heterocycles. The third-order valence-electron chi connectivity index (χ3n) is 8.92. The number of hydrogen-bond donors (Lipinski definition) is 2. The second-order valence-electron chi connectivity index (χ2n) is 12.7. The lowest BCUT2D eigenvalue weighted by Crippen LogP contribution is -2.56. The summed E-state index contributed by atoms with van der Waals surface area (Å²) >= 11 is 1.26. The molecule has 1 aliphatic carbocycles. The van der Waals surface area contributed by atoms with Crippen molar-refractivity contribution in [2.45, 2.75) is 95.4 Å². The number of carbonyl (C=O) groups excluding carboxylic acids is 5. The van der Waals surface area contributed by atoms with E-state index in [0.29, 0.717) is 51.1 Å². The van der Waals surface area contributed by atoms with Gasteiger partial charge >= 0.3 is 6.09 Å². The molecular formula is C31H47N3O10S. The lowest BCUT2D eigenvalue weighted by Gasteiger charge is -2.42. The average molecular weight is 654 g/mol. The molecule has 0 bridgehead atoms. The zero-order valence-electron chi connectivity index (χ0n) is 26.9. The van der Waals surface area contributed by atoms with E-state index in [9.17, 15) is 24.0 Å². The number of methoxy groups -OCH3 is 1. The third-order valence-corrected chi connectivity index (χ3v) is 9.88. The number of alkyl carbamates (subject to hydrolysis) is 1. The fourth-order valence-corrected chi connectivity index (χ4v) is 7.27. The number of Topliss-reactive ketones (excluding diaryl/α,β-unsaturated/α-hetero) is 1. The van der Waals surface area contributed by atoms with Crippen LogP contribution in [0.4, 0.5) is 4.79 Å². The molecule has 252 valence electrons. The molecule has 7 atom stereocenters. The van der Waals surface area contributed by atoms with Crippen LogP contribution in [0.1, 0.15) is 59.8 Å². The van der Waals surface area contributed by atoms with Gasteiger partial charge in [0.05, 0.1) is 24.4 Å². The standard InChI is InChI=1S/C31H47N3O10S/c1-19(2)8-9-23-30(4,44-23)27-26(40-5)22(10-11-31(27)18-42-31)43-29(39)33-24(36)17-45-14-12-32-28(38)21-7-6-13-34(21)25(37)16-41-15-20(3)35/h8,21-23,26-27H,6-7,9-18H2,1-5H3,(H,32,38)(H,33,36,39)/t21-,22+,23+,26+,27+,30?,31-/m0/s1. The predicted molar refractivity (Wildman–Crippen MR) is 165 cm³/mol. The maximum Gasteiger partial charge on any atom is 0.414 e. The van der Waals surface area contributed by atoms with Crippen molar-refractivity contribution in [1.29, 1.82) is 0 Å². The Morgan fingerprint density at radius 3 is 2.53 bits per heavy atom. The average Bonchev–Trinajstić information content (AvgIpc) is 3.82. The number of hydrogen-bond acceptors (Lipinski definition) is 11. The van der Waals surface area contributed by atoms with Crippen LogP contribution in [0.3, 0.4) is 0 Å². The summed E-state index contributed by atoms with van der Waals surface area (Å²) in [5.41, 5.74) is 0.421. The molecule has 0 aromatic carbocycles. The first-order chi connectivity index (χ1) is 21.4. The molecule has 2 N–H and O–H groups in total. The van der Waals surface area contributed by atoms with Crippen LogP contribution < -0.4 is 10.6 Å². The van der Waals surface area contributed by atoms with E-state index >= 15 is 0 Å². The van der Waals surface area contributed by atoms with Crippen molar-refractivity contribution >= 4 is 41.4 Å². The summed E-state index contributed by atoms with van der Waals surface area (Å²) < 4.78 is 28.8. The minimum Gasteiger partial charge on any atom is -0.443 e. The Balaban J connectivity index is 1.16. The van der Waals surface area contributed by atoms with Gasteiger partial charge in [0.1, 0.15) is 42.7 Å². The molecule has 4 fully saturated rings. The van der Waals surface area contributed by atoms with Gasteiger partial charge in [-0.2, -0.15) is 11.8 Å². The zero-order chi connectivity index (χ0) is 32.8. The first-order valence-electron chi connectivity index (χ1n) is 15.6. The van der Waals surface area contributed by atoms with Crippen LogP contribution in [0.5, 0.6) is 0 Å². The van der Waals surface area contributed by atoms with Crippen LogP contribution >= 0.6 is 11.8 Å². The van der Waals surface area contributed by atoms with Crippen molar-refractivity contribution in [1.82, 2.24) is 15.5 Å². The second kappa shape index (κ2) is 15.4. The van der Waals surface area contributed by atoms with Crippen LogP contribution in [0.2, 0.25) is 0 Å². The van der Waals surface area contributed by atoms with E-state index in [1.165, 1.54) is 29.2 Å². The number of imide groups is 1. The molecular weight excluding hydrogens is 606 g/mol. The summed E-state index contributed by atoms with van der Waals surface area (Å²) in [6.45, 7) is 8.53. The number of ketones is 1. The van der Waals surface area contributed by atoms with Crippen molar-refractivity contribution in [2.75, 3.05) is 51.5 Å². The lowest BCUT2D eigenvalue weighted by molar-refractivity contribution is -0.142. The number of thioether (sulfide) groups is 1. The monoisotopic (exact) mass is 653 g/mol. The number of epoxide rings is 2. The molecule has 45 heavy (non-hydrogen) atoms. The van der Waals surface area contributed by atoms with Crippen molar-refractivity contribution < 1.29 is 47.7 Å². The van der Waals surface area contributed by atoms with Crippen LogP contribution in [0.15, 0.2) is 11.6 Å². The molecule has 4 amide bonds. The highest BCUT2D eigenvalue weighted by molar-refractivity contribution is 7.99. The van der Waals surface area contributed by atoms with E-state index in [-0.39, 0.29) is 54.2 Å².